The summed E-state index contributed by atoms with van der Waals surface area (Å²) in [7, 11) is 1.67. The van der Waals surface area contributed by atoms with Gasteiger partial charge in [0, 0.05) is 25.3 Å². The van der Waals surface area contributed by atoms with Crippen molar-refractivity contribution in [1.82, 2.24) is 14.8 Å². The molecule has 5 rings (SSSR count). The highest BCUT2D eigenvalue weighted by atomic mass is 32.2. The van der Waals surface area contributed by atoms with Crippen LogP contribution in [-0.4, -0.2) is 66.4 Å². The van der Waals surface area contributed by atoms with E-state index in [1.54, 1.807) is 7.11 Å². The zero-order valence-electron chi connectivity index (χ0n) is 19.6. The third-order valence-corrected chi connectivity index (χ3v) is 7.11. The van der Waals surface area contributed by atoms with Crippen molar-refractivity contribution >= 4 is 29.3 Å². The molecule has 2 aromatic carbocycles. The molecule has 0 unspecified atom stereocenters. The van der Waals surface area contributed by atoms with Gasteiger partial charge in [0.25, 0.3) is 0 Å². The van der Waals surface area contributed by atoms with E-state index >= 15 is 0 Å². The highest BCUT2D eigenvalue weighted by Crippen LogP contribution is 2.32. The molecule has 0 aliphatic carbocycles. The molecule has 0 N–H and O–H groups in total. The molecule has 8 nitrogen and oxygen atoms in total. The lowest BCUT2D eigenvalue weighted by Crippen LogP contribution is -2.38. The monoisotopic (exact) mass is 479 g/mol. The molecule has 1 aromatic heterocycles. The Labute approximate surface area is 203 Å². The molecule has 2 aliphatic rings. The number of fused-ring (bicyclic) bond motifs is 1. The zero-order chi connectivity index (χ0) is 23.5. The smallest absolute Gasteiger partial charge is 0.237 e. The maximum absolute atomic E-state index is 13.3. The van der Waals surface area contributed by atoms with Crippen LogP contribution in [0.15, 0.2) is 47.6 Å². The quantitative estimate of drug-likeness (QED) is 0.501. The fourth-order valence-corrected chi connectivity index (χ4v) is 5.30. The van der Waals surface area contributed by atoms with Crippen LogP contribution in [0.3, 0.4) is 0 Å². The molecule has 0 spiro atoms. The first-order valence-electron chi connectivity index (χ1n) is 11.6. The van der Waals surface area contributed by atoms with Gasteiger partial charge in [0.05, 0.1) is 31.8 Å². The maximum Gasteiger partial charge on any atom is 0.237 e. The minimum absolute atomic E-state index is 0.0721. The third-order valence-electron chi connectivity index (χ3n) is 6.20. The van der Waals surface area contributed by atoms with Crippen LogP contribution in [0, 0.1) is 6.92 Å². The van der Waals surface area contributed by atoms with Crippen LogP contribution >= 0.6 is 11.8 Å². The molecule has 9 heteroatoms. The predicted octanol–water partition coefficient (Wildman–Crippen LogP) is 3.49. The fourth-order valence-electron chi connectivity index (χ4n) is 4.48. The SMILES string of the molecule is COc1ccc2c(c1)CCCN2C(=O)CSc1nnc(N2CCOCC2)n1-c1cccc(C)c1. The van der Waals surface area contributed by atoms with Crippen molar-refractivity contribution in [3.63, 3.8) is 0 Å². The molecule has 0 saturated carbocycles. The average molecular weight is 480 g/mol. The summed E-state index contributed by atoms with van der Waals surface area (Å²) >= 11 is 1.43. The normalized spacial score (nSPS) is 15.8. The summed E-state index contributed by atoms with van der Waals surface area (Å²) in [5, 5.41) is 9.72. The molecule has 34 heavy (non-hydrogen) atoms. The number of amides is 1. The first kappa shape index (κ1) is 22.7. The molecule has 1 amide bonds. The van der Waals surface area contributed by atoms with Gasteiger partial charge in [-0.3, -0.25) is 9.36 Å². The van der Waals surface area contributed by atoms with Crippen molar-refractivity contribution in [2.24, 2.45) is 0 Å². The van der Waals surface area contributed by atoms with Crippen LogP contribution in [0.2, 0.25) is 0 Å². The minimum Gasteiger partial charge on any atom is -0.497 e. The number of thioether (sulfide) groups is 1. The molecule has 3 heterocycles. The summed E-state index contributed by atoms with van der Waals surface area (Å²) < 4.78 is 12.9. The van der Waals surface area contributed by atoms with Crippen LogP contribution in [0.4, 0.5) is 11.6 Å². The first-order valence-corrected chi connectivity index (χ1v) is 12.6. The number of carbonyl (C=O) groups excluding carboxylic acids is 1. The van der Waals surface area contributed by atoms with Gasteiger partial charge in [0.2, 0.25) is 11.9 Å². The van der Waals surface area contributed by atoms with Crippen molar-refractivity contribution in [3.05, 3.63) is 53.6 Å². The lowest BCUT2D eigenvalue weighted by molar-refractivity contribution is -0.116. The molecule has 0 atom stereocenters. The molecule has 0 radical (unpaired) electrons. The average Bonchev–Trinajstić information content (AvgIpc) is 3.31. The van der Waals surface area contributed by atoms with Gasteiger partial charge in [-0.25, -0.2) is 0 Å². The Morgan fingerprint density at radius 2 is 1.97 bits per heavy atom. The van der Waals surface area contributed by atoms with Gasteiger partial charge in [-0.1, -0.05) is 23.9 Å². The number of benzene rings is 2. The summed E-state index contributed by atoms with van der Waals surface area (Å²) in [4.78, 5) is 17.4. The molecule has 1 fully saturated rings. The highest BCUT2D eigenvalue weighted by Gasteiger charge is 2.26. The number of rotatable bonds is 6. The third kappa shape index (κ3) is 4.63. The maximum atomic E-state index is 13.3. The number of nitrogens with zero attached hydrogens (tertiary/aromatic N) is 5. The summed E-state index contributed by atoms with van der Waals surface area (Å²) in [5.41, 5.74) is 4.29. The first-order chi connectivity index (χ1) is 16.6. The van der Waals surface area contributed by atoms with Gasteiger partial charge < -0.3 is 19.3 Å². The summed E-state index contributed by atoms with van der Waals surface area (Å²) in [5.74, 6) is 1.98. The second-order valence-corrected chi connectivity index (χ2v) is 9.43. The Bertz CT molecular complexity index is 1180. The Morgan fingerprint density at radius 3 is 2.76 bits per heavy atom. The molecule has 1 saturated heterocycles. The van der Waals surface area contributed by atoms with Crippen molar-refractivity contribution < 1.29 is 14.3 Å². The molecule has 3 aromatic rings. The minimum atomic E-state index is 0.0721. The van der Waals surface area contributed by atoms with Gasteiger partial charge in [-0.15, -0.1) is 10.2 Å². The Morgan fingerprint density at radius 1 is 1.12 bits per heavy atom. The van der Waals surface area contributed by atoms with E-state index in [9.17, 15) is 4.79 Å². The molecule has 2 aliphatic heterocycles. The fraction of sp³-hybridized carbons (Fsp3) is 0.400. The number of carbonyl (C=O) groups is 1. The number of aryl methyl sites for hydroxylation is 2. The number of ether oxygens (including phenoxy) is 2. The zero-order valence-corrected chi connectivity index (χ0v) is 20.4. The number of aromatic nitrogens is 3. The van der Waals surface area contributed by atoms with Crippen LogP contribution in [-0.2, 0) is 16.0 Å². The van der Waals surface area contributed by atoms with Gasteiger partial charge in [0.15, 0.2) is 5.16 Å². The topological polar surface area (TPSA) is 72.7 Å². The van der Waals surface area contributed by atoms with E-state index in [1.165, 1.54) is 11.8 Å². The molecule has 178 valence electrons. The Balaban J connectivity index is 1.39. The lowest BCUT2D eigenvalue weighted by Gasteiger charge is -2.30. The number of morpholine rings is 1. The largest absolute Gasteiger partial charge is 0.497 e. The van der Waals surface area contributed by atoms with E-state index in [-0.39, 0.29) is 5.91 Å². The van der Waals surface area contributed by atoms with Gasteiger partial charge in [-0.2, -0.15) is 0 Å². The summed E-state index contributed by atoms with van der Waals surface area (Å²) in [6, 6.07) is 14.2. The van der Waals surface area contributed by atoms with E-state index in [1.807, 2.05) is 29.2 Å². The lowest BCUT2D eigenvalue weighted by atomic mass is 10.0. The molecule has 0 bridgehead atoms. The number of hydrogen-bond donors (Lipinski definition) is 0. The van der Waals surface area contributed by atoms with Crippen molar-refractivity contribution in [1.29, 1.82) is 0 Å². The highest BCUT2D eigenvalue weighted by molar-refractivity contribution is 7.99. The second-order valence-electron chi connectivity index (χ2n) is 8.49. The summed E-state index contributed by atoms with van der Waals surface area (Å²) in [6.07, 6.45) is 1.89. The molecular formula is C25H29N5O3S. The van der Waals surface area contributed by atoms with Crippen molar-refractivity contribution in [2.45, 2.75) is 24.9 Å². The van der Waals surface area contributed by atoms with Gasteiger partial charge in [-0.05, 0) is 61.2 Å². The summed E-state index contributed by atoms with van der Waals surface area (Å²) in [6.45, 7) is 5.66. The predicted molar refractivity (Wildman–Crippen MR) is 134 cm³/mol. The van der Waals surface area contributed by atoms with E-state index in [0.29, 0.717) is 24.1 Å². The van der Waals surface area contributed by atoms with Crippen molar-refractivity contribution in [3.8, 4) is 11.4 Å². The van der Waals surface area contributed by atoms with Crippen LogP contribution in [0.1, 0.15) is 17.5 Å². The standard InChI is InChI=1S/C25H29N5O3S/c1-18-5-3-7-20(15-18)30-24(28-11-13-33-14-12-28)26-27-25(30)34-17-23(31)29-10-4-6-19-16-21(32-2)8-9-22(19)29/h3,5,7-9,15-16H,4,6,10-14,17H2,1-2H3. The van der Waals surface area contributed by atoms with E-state index < -0.39 is 0 Å². The van der Waals surface area contributed by atoms with Gasteiger partial charge in [0.1, 0.15) is 5.75 Å². The van der Waals surface area contributed by atoms with Gasteiger partial charge >= 0.3 is 0 Å². The molecular weight excluding hydrogens is 450 g/mol. The van der Waals surface area contributed by atoms with E-state index in [0.717, 1.165) is 66.7 Å². The van der Waals surface area contributed by atoms with Crippen LogP contribution in [0.25, 0.3) is 5.69 Å². The Kier molecular flexibility index (Phi) is 6.73. The number of methoxy groups -OCH3 is 1. The second kappa shape index (κ2) is 10.1. The van der Waals surface area contributed by atoms with Crippen molar-refractivity contribution in [2.75, 3.05) is 55.5 Å². The number of hydrogen-bond acceptors (Lipinski definition) is 7. The van der Waals surface area contributed by atoms with Crippen LogP contribution < -0.4 is 14.5 Å². The van der Waals surface area contributed by atoms with E-state index in [2.05, 4.69) is 44.8 Å². The number of anilines is 2. The Hall–Kier alpha value is -3.04. The van der Waals surface area contributed by atoms with Crippen LogP contribution in [0.5, 0.6) is 5.75 Å². The van der Waals surface area contributed by atoms with E-state index in [4.69, 9.17) is 9.47 Å².